The van der Waals surface area contributed by atoms with Gasteiger partial charge in [-0.05, 0) is 43.9 Å². The maximum atomic E-state index is 11.5. The van der Waals surface area contributed by atoms with Crippen LogP contribution < -0.4 is 10.6 Å². The molecule has 2 rings (SSSR count). The Morgan fingerprint density at radius 3 is 2.89 bits per heavy atom. The van der Waals surface area contributed by atoms with E-state index in [4.69, 9.17) is 5.73 Å². The lowest BCUT2D eigenvalue weighted by molar-refractivity contribution is -0.118. The van der Waals surface area contributed by atoms with Crippen LogP contribution in [-0.2, 0) is 4.79 Å². The molecular weight excluding hydrogens is 258 g/mol. The molecule has 1 aromatic heterocycles. The van der Waals surface area contributed by atoms with E-state index in [1.165, 1.54) is 17.1 Å². The molecule has 4 nitrogen and oxygen atoms in total. The molecule has 1 aromatic carbocycles. The summed E-state index contributed by atoms with van der Waals surface area (Å²) < 4.78 is 5.66. The van der Waals surface area contributed by atoms with E-state index in [9.17, 15) is 4.79 Å². The number of anilines is 1. The third kappa shape index (κ3) is 2.71. The Morgan fingerprint density at radius 1 is 1.53 bits per heavy atom. The van der Waals surface area contributed by atoms with Gasteiger partial charge in [-0.3, -0.25) is 4.79 Å². The van der Waals surface area contributed by atoms with E-state index in [0.29, 0.717) is 0 Å². The zero-order valence-electron chi connectivity index (χ0n) is 11.5. The molecule has 5 heteroatoms. The van der Waals surface area contributed by atoms with Gasteiger partial charge in [0.25, 0.3) is 0 Å². The molecule has 0 aliphatic rings. The number of nitrogens with two attached hydrogens (primary N) is 1. The first kappa shape index (κ1) is 13.8. The van der Waals surface area contributed by atoms with Crippen LogP contribution in [0.25, 0.3) is 10.1 Å². The normalized spacial score (nSPS) is 12.6. The van der Waals surface area contributed by atoms with E-state index >= 15 is 0 Å². The zero-order valence-corrected chi connectivity index (χ0v) is 12.3. The van der Waals surface area contributed by atoms with E-state index < -0.39 is 0 Å². The first-order valence-corrected chi connectivity index (χ1v) is 7.24. The number of aromatic nitrogens is 1. The van der Waals surface area contributed by atoms with E-state index in [-0.39, 0.29) is 11.9 Å². The number of primary amides is 1. The van der Waals surface area contributed by atoms with Crippen molar-refractivity contribution in [2.45, 2.75) is 33.2 Å². The van der Waals surface area contributed by atoms with Gasteiger partial charge in [-0.25, -0.2) is 0 Å². The van der Waals surface area contributed by atoms with Crippen molar-refractivity contribution < 1.29 is 4.79 Å². The van der Waals surface area contributed by atoms with E-state index in [1.54, 1.807) is 0 Å². The average molecular weight is 277 g/mol. The summed E-state index contributed by atoms with van der Waals surface area (Å²) in [6.45, 7) is 6.75. The molecule has 0 saturated carbocycles. The van der Waals surface area contributed by atoms with Gasteiger partial charge in [0.15, 0.2) is 5.82 Å². The summed E-state index contributed by atoms with van der Waals surface area (Å²) >= 11 is 1.46. The van der Waals surface area contributed by atoms with Crippen LogP contribution in [0.5, 0.6) is 0 Å². The van der Waals surface area contributed by atoms with Gasteiger partial charge in [0.05, 0.1) is 4.70 Å². The highest BCUT2D eigenvalue weighted by molar-refractivity contribution is 7.13. The maximum Gasteiger partial charge on any atom is 0.239 e. The number of hydrogen-bond donors (Lipinski definition) is 1. The number of fused-ring (bicyclic) bond motifs is 1. The Bertz CT molecular complexity index is 593. The predicted octanol–water partition coefficient (Wildman–Crippen LogP) is 2.69. The first-order valence-electron chi connectivity index (χ1n) is 6.46. The van der Waals surface area contributed by atoms with Crippen molar-refractivity contribution in [3.05, 3.63) is 23.8 Å². The highest BCUT2D eigenvalue weighted by Crippen LogP contribution is 2.31. The van der Waals surface area contributed by atoms with Gasteiger partial charge in [0, 0.05) is 11.9 Å². The zero-order chi connectivity index (χ0) is 14.0. The van der Waals surface area contributed by atoms with Crippen molar-refractivity contribution in [3.63, 3.8) is 0 Å². The number of carbonyl (C=O) groups is 1. The van der Waals surface area contributed by atoms with Gasteiger partial charge < -0.3 is 10.6 Å². The molecule has 19 heavy (non-hydrogen) atoms. The smallest absolute Gasteiger partial charge is 0.239 e. The number of benzene rings is 1. The molecule has 0 fully saturated rings. The fourth-order valence-corrected chi connectivity index (χ4v) is 2.89. The van der Waals surface area contributed by atoms with Crippen LogP contribution in [0.15, 0.2) is 18.2 Å². The Kier molecular flexibility index (Phi) is 4.04. The summed E-state index contributed by atoms with van der Waals surface area (Å²) in [5.74, 6) is 0.555. The molecule has 102 valence electrons. The summed E-state index contributed by atoms with van der Waals surface area (Å²) in [6, 6.07) is 5.92. The fourth-order valence-electron chi connectivity index (χ4n) is 2.12. The standard InChI is InChI=1S/C14H19N3OS/c1-4-7-17(10(3)13(15)18)14-11-8-9(2)5-6-12(11)19-16-14/h5-6,8,10H,4,7H2,1-3H3,(H2,15,18). The van der Waals surface area contributed by atoms with Crippen molar-refractivity contribution in [1.82, 2.24) is 4.37 Å². The highest BCUT2D eigenvalue weighted by atomic mass is 32.1. The molecule has 0 bridgehead atoms. The molecule has 0 aliphatic carbocycles. The van der Waals surface area contributed by atoms with Gasteiger partial charge in [-0.2, -0.15) is 4.37 Å². The summed E-state index contributed by atoms with van der Waals surface area (Å²) in [5, 5.41) is 1.10. The first-order chi connectivity index (χ1) is 9.04. The van der Waals surface area contributed by atoms with Crippen LogP contribution in [0.1, 0.15) is 25.8 Å². The number of aryl methyl sites for hydroxylation is 1. The summed E-state index contributed by atoms with van der Waals surface area (Å²) in [6.07, 6.45) is 0.947. The van der Waals surface area contributed by atoms with Crippen LogP contribution in [0, 0.1) is 6.92 Å². The van der Waals surface area contributed by atoms with Crippen LogP contribution in [0.3, 0.4) is 0 Å². The molecule has 1 heterocycles. The van der Waals surface area contributed by atoms with Gasteiger partial charge in [-0.1, -0.05) is 18.6 Å². The average Bonchev–Trinajstić information content (AvgIpc) is 2.77. The Balaban J connectivity index is 2.49. The van der Waals surface area contributed by atoms with Crippen LogP contribution >= 0.6 is 11.5 Å². The Labute approximate surface area is 117 Å². The molecule has 1 atom stereocenters. The lowest BCUT2D eigenvalue weighted by Gasteiger charge is -2.27. The Morgan fingerprint density at radius 2 is 2.26 bits per heavy atom. The van der Waals surface area contributed by atoms with Crippen molar-refractivity contribution in [2.75, 3.05) is 11.4 Å². The third-order valence-corrected chi connectivity index (χ3v) is 4.04. The van der Waals surface area contributed by atoms with Crippen LogP contribution in [0.2, 0.25) is 0 Å². The van der Waals surface area contributed by atoms with Gasteiger partial charge >= 0.3 is 0 Å². The Hall–Kier alpha value is -1.62. The lowest BCUT2D eigenvalue weighted by Crippen LogP contribution is -2.43. The maximum absolute atomic E-state index is 11.5. The molecule has 0 spiro atoms. The lowest BCUT2D eigenvalue weighted by atomic mass is 10.1. The summed E-state index contributed by atoms with van der Waals surface area (Å²) in [7, 11) is 0. The van der Waals surface area contributed by atoms with Crippen molar-refractivity contribution in [1.29, 1.82) is 0 Å². The monoisotopic (exact) mass is 277 g/mol. The van der Waals surface area contributed by atoms with Crippen molar-refractivity contribution in [3.8, 4) is 0 Å². The molecule has 0 saturated heterocycles. The topological polar surface area (TPSA) is 59.2 Å². The van der Waals surface area contributed by atoms with Gasteiger partial charge in [0.2, 0.25) is 5.91 Å². The predicted molar refractivity (Wildman–Crippen MR) is 80.7 cm³/mol. The minimum Gasteiger partial charge on any atom is -0.368 e. The minimum absolute atomic E-state index is 0.317. The van der Waals surface area contributed by atoms with Gasteiger partial charge in [0.1, 0.15) is 6.04 Å². The highest BCUT2D eigenvalue weighted by Gasteiger charge is 2.22. The summed E-state index contributed by atoms with van der Waals surface area (Å²) in [4.78, 5) is 13.5. The SMILES string of the molecule is CCCN(c1nsc2ccc(C)cc12)C(C)C(N)=O. The summed E-state index contributed by atoms with van der Waals surface area (Å²) in [5.41, 5.74) is 6.63. The second-order valence-electron chi connectivity index (χ2n) is 4.78. The number of nitrogens with zero attached hydrogens (tertiary/aromatic N) is 2. The number of rotatable bonds is 5. The second-order valence-corrected chi connectivity index (χ2v) is 5.58. The van der Waals surface area contributed by atoms with E-state index in [2.05, 4.69) is 36.4 Å². The molecule has 0 radical (unpaired) electrons. The largest absolute Gasteiger partial charge is 0.368 e. The molecular formula is C14H19N3OS. The molecule has 2 N–H and O–H groups in total. The number of amides is 1. The van der Waals surface area contributed by atoms with Crippen LogP contribution in [-0.4, -0.2) is 22.9 Å². The fraction of sp³-hybridized carbons (Fsp3) is 0.429. The van der Waals surface area contributed by atoms with Crippen molar-refractivity contribution >= 4 is 33.3 Å². The van der Waals surface area contributed by atoms with E-state index in [0.717, 1.165) is 28.9 Å². The van der Waals surface area contributed by atoms with E-state index in [1.807, 2.05) is 11.8 Å². The number of carbonyl (C=O) groups excluding carboxylic acids is 1. The molecule has 2 aromatic rings. The van der Waals surface area contributed by atoms with Crippen LogP contribution in [0.4, 0.5) is 5.82 Å². The van der Waals surface area contributed by atoms with Gasteiger partial charge in [-0.15, -0.1) is 0 Å². The quantitative estimate of drug-likeness (QED) is 0.914. The second kappa shape index (κ2) is 5.57. The third-order valence-electron chi connectivity index (χ3n) is 3.22. The van der Waals surface area contributed by atoms with Crippen molar-refractivity contribution in [2.24, 2.45) is 5.73 Å². The number of hydrogen-bond acceptors (Lipinski definition) is 4. The molecule has 1 amide bonds. The molecule has 1 unspecified atom stereocenters. The molecule has 0 aliphatic heterocycles. The minimum atomic E-state index is -0.342.